The summed E-state index contributed by atoms with van der Waals surface area (Å²) in [5, 5.41) is 8.17. The van der Waals surface area contributed by atoms with E-state index in [1.165, 1.54) is 25.7 Å². The average molecular weight is 425 g/mol. The second-order valence-corrected chi connectivity index (χ2v) is 7.63. The first-order valence-electron chi connectivity index (χ1n) is 10.8. The van der Waals surface area contributed by atoms with Crippen molar-refractivity contribution in [3.63, 3.8) is 0 Å². The zero-order valence-electron chi connectivity index (χ0n) is 17.5. The molecule has 2 heterocycles. The highest BCUT2D eigenvalue weighted by Crippen LogP contribution is 2.32. The van der Waals surface area contributed by atoms with Crippen molar-refractivity contribution in [2.75, 3.05) is 48.4 Å². The molecule has 2 aliphatic heterocycles. The fourth-order valence-electron chi connectivity index (χ4n) is 3.84. The van der Waals surface area contributed by atoms with Crippen molar-refractivity contribution in [3.8, 4) is 11.5 Å². The minimum absolute atomic E-state index is 0.000583. The van der Waals surface area contributed by atoms with Gasteiger partial charge in [-0.05, 0) is 37.1 Å². The molecule has 0 aromatic heterocycles. The monoisotopic (exact) mass is 424 g/mol. The summed E-state index contributed by atoms with van der Waals surface area (Å²) in [6.45, 7) is 3.00. The standard InChI is InChI=1S/C23H28N4O4/c28-22(26-23(29)25-17-9-10-20-21(15-17)31-14-13-30-20)16-24-18-7-3-4-8-19(18)27-11-5-1-2-6-12-27/h3-4,7-10,15,24H,1-2,5-6,11-14,16H2,(H2,25,26,28,29). The number of fused-ring (bicyclic) bond motifs is 1. The fourth-order valence-corrected chi connectivity index (χ4v) is 3.84. The first-order chi connectivity index (χ1) is 15.2. The minimum Gasteiger partial charge on any atom is -0.486 e. The van der Waals surface area contributed by atoms with Gasteiger partial charge >= 0.3 is 6.03 Å². The zero-order valence-corrected chi connectivity index (χ0v) is 17.5. The molecule has 4 rings (SSSR count). The van der Waals surface area contributed by atoms with E-state index in [0.717, 1.165) is 24.5 Å². The molecule has 3 amide bonds. The summed E-state index contributed by atoms with van der Waals surface area (Å²) in [4.78, 5) is 26.9. The number of hydrogen-bond acceptors (Lipinski definition) is 6. The van der Waals surface area contributed by atoms with Crippen LogP contribution in [0, 0.1) is 0 Å². The zero-order chi connectivity index (χ0) is 21.5. The van der Waals surface area contributed by atoms with Crippen LogP contribution in [-0.2, 0) is 4.79 Å². The maximum Gasteiger partial charge on any atom is 0.325 e. The Morgan fingerprint density at radius 1 is 0.903 bits per heavy atom. The number of amides is 3. The van der Waals surface area contributed by atoms with E-state index in [1.54, 1.807) is 18.2 Å². The lowest BCUT2D eigenvalue weighted by Gasteiger charge is -2.25. The lowest BCUT2D eigenvalue weighted by molar-refractivity contribution is -0.118. The number of urea groups is 1. The Morgan fingerprint density at radius 2 is 1.65 bits per heavy atom. The molecule has 1 saturated heterocycles. The number of nitrogens with zero attached hydrogens (tertiary/aromatic N) is 1. The molecule has 31 heavy (non-hydrogen) atoms. The van der Waals surface area contributed by atoms with E-state index in [0.29, 0.717) is 30.4 Å². The maximum absolute atomic E-state index is 12.3. The van der Waals surface area contributed by atoms with Gasteiger partial charge in [0.1, 0.15) is 13.2 Å². The average Bonchev–Trinajstić information content (AvgIpc) is 3.07. The van der Waals surface area contributed by atoms with E-state index in [1.807, 2.05) is 18.2 Å². The number of nitrogens with one attached hydrogen (secondary N) is 3. The molecular weight excluding hydrogens is 396 g/mol. The highest BCUT2D eigenvalue weighted by atomic mass is 16.6. The third-order valence-corrected chi connectivity index (χ3v) is 5.34. The predicted molar refractivity (Wildman–Crippen MR) is 120 cm³/mol. The van der Waals surface area contributed by atoms with Crippen LogP contribution in [0.2, 0.25) is 0 Å². The van der Waals surface area contributed by atoms with Gasteiger partial charge < -0.3 is 25.0 Å². The highest BCUT2D eigenvalue weighted by molar-refractivity contribution is 6.02. The molecule has 0 atom stereocenters. The quantitative estimate of drug-likeness (QED) is 0.679. The molecule has 0 radical (unpaired) electrons. The van der Waals surface area contributed by atoms with E-state index in [9.17, 15) is 9.59 Å². The van der Waals surface area contributed by atoms with E-state index < -0.39 is 11.9 Å². The Balaban J connectivity index is 1.30. The van der Waals surface area contributed by atoms with Crippen molar-refractivity contribution >= 4 is 29.0 Å². The van der Waals surface area contributed by atoms with Crippen LogP contribution in [0.3, 0.4) is 0 Å². The number of carbonyl (C=O) groups is 2. The molecule has 0 bridgehead atoms. The summed E-state index contributed by atoms with van der Waals surface area (Å²) in [5.74, 6) is 0.795. The van der Waals surface area contributed by atoms with Crippen molar-refractivity contribution in [2.45, 2.75) is 25.7 Å². The van der Waals surface area contributed by atoms with Crippen molar-refractivity contribution in [1.29, 1.82) is 0 Å². The maximum atomic E-state index is 12.3. The van der Waals surface area contributed by atoms with Gasteiger partial charge in [0.05, 0.1) is 17.9 Å². The number of rotatable bonds is 5. The lowest BCUT2D eigenvalue weighted by atomic mass is 10.2. The molecule has 2 aliphatic rings. The van der Waals surface area contributed by atoms with Crippen LogP contribution in [0.5, 0.6) is 11.5 Å². The molecule has 8 heteroatoms. The number of benzene rings is 2. The molecule has 1 fully saturated rings. The van der Waals surface area contributed by atoms with E-state index >= 15 is 0 Å². The Labute approximate surface area is 181 Å². The number of imide groups is 1. The van der Waals surface area contributed by atoms with Crippen molar-refractivity contribution < 1.29 is 19.1 Å². The number of ether oxygens (including phenoxy) is 2. The van der Waals surface area contributed by atoms with Crippen molar-refractivity contribution in [3.05, 3.63) is 42.5 Å². The van der Waals surface area contributed by atoms with Crippen LogP contribution in [-0.4, -0.2) is 44.8 Å². The van der Waals surface area contributed by atoms with Gasteiger partial charge in [-0.15, -0.1) is 0 Å². The highest BCUT2D eigenvalue weighted by Gasteiger charge is 2.16. The number of para-hydroxylation sites is 2. The second-order valence-electron chi connectivity index (χ2n) is 7.63. The van der Waals surface area contributed by atoms with Gasteiger partial charge in [0.15, 0.2) is 11.5 Å². The van der Waals surface area contributed by atoms with E-state index in [-0.39, 0.29) is 6.54 Å². The molecule has 164 valence electrons. The van der Waals surface area contributed by atoms with Gasteiger partial charge in [0.25, 0.3) is 0 Å². The summed E-state index contributed by atoms with van der Waals surface area (Å²) < 4.78 is 11.0. The molecule has 0 aliphatic carbocycles. The van der Waals surface area contributed by atoms with Gasteiger partial charge in [-0.25, -0.2) is 4.79 Å². The molecule has 0 spiro atoms. The van der Waals surface area contributed by atoms with Crippen LogP contribution in [0.4, 0.5) is 21.9 Å². The SMILES string of the molecule is O=C(CNc1ccccc1N1CCCCCC1)NC(=O)Nc1ccc2c(c1)OCCO2. The van der Waals surface area contributed by atoms with Gasteiger partial charge in [-0.1, -0.05) is 25.0 Å². The molecule has 0 unspecified atom stereocenters. The summed E-state index contributed by atoms with van der Waals surface area (Å²) in [6.07, 6.45) is 4.86. The lowest BCUT2D eigenvalue weighted by Crippen LogP contribution is -2.38. The molecule has 0 saturated carbocycles. The van der Waals surface area contributed by atoms with E-state index in [4.69, 9.17) is 9.47 Å². The molecule has 3 N–H and O–H groups in total. The summed E-state index contributed by atoms with van der Waals surface area (Å²) in [6, 6.07) is 12.5. The molecule has 8 nitrogen and oxygen atoms in total. The second kappa shape index (κ2) is 10.1. The summed E-state index contributed by atoms with van der Waals surface area (Å²) >= 11 is 0. The Bertz CT molecular complexity index is 926. The van der Waals surface area contributed by atoms with Crippen LogP contribution in [0.1, 0.15) is 25.7 Å². The van der Waals surface area contributed by atoms with E-state index in [2.05, 4.69) is 26.9 Å². The Kier molecular flexibility index (Phi) is 6.76. The normalized spacial score (nSPS) is 15.5. The smallest absolute Gasteiger partial charge is 0.325 e. The van der Waals surface area contributed by atoms with Crippen molar-refractivity contribution in [1.82, 2.24) is 5.32 Å². The number of carbonyl (C=O) groups excluding carboxylic acids is 2. The third kappa shape index (κ3) is 5.59. The first kappa shape index (κ1) is 20.8. The van der Waals surface area contributed by atoms with Gasteiger partial charge in [-0.2, -0.15) is 0 Å². The summed E-state index contributed by atoms with van der Waals surface area (Å²) in [7, 11) is 0. The van der Waals surface area contributed by atoms with Gasteiger partial charge in [0, 0.05) is 24.8 Å². The number of anilines is 3. The van der Waals surface area contributed by atoms with Crippen LogP contribution in [0.25, 0.3) is 0 Å². The van der Waals surface area contributed by atoms with Gasteiger partial charge in [-0.3, -0.25) is 10.1 Å². The van der Waals surface area contributed by atoms with Crippen LogP contribution >= 0.6 is 0 Å². The molecule has 2 aromatic carbocycles. The summed E-state index contributed by atoms with van der Waals surface area (Å²) in [5.41, 5.74) is 2.51. The minimum atomic E-state index is -0.593. The van der Waals surface area contributed by atoms with Crippen LogP contribution in [0.15, 0.2) is 42.5 Å². The Hall–Kier alpha value is -3.42. The molecule has 2 aromatic rings. The first-order valence-corrected chi connectivity index (χ1v) is 10.8. The fraction of sp³-hybridized carbons (Fsp3) is 0.391. The van der Waals surface area contributed by atoms with Gasteiger partial charge in [0.2, 0.25) is 5.91 Å². The predicted octanol–water partition coefficient (Wildman–Crippen LogP) is 3.60. The number of hydrogen-bond donors (Lipinski definition) is 3. The Morgan fingerprint density at radius 3 is 2.45 bits per heavy atom. The topological polar surface area (TPSA) is 91.9 Å². The molecular formula is C23H28N4O4. The largest absolute Gasteiger partial charge is 0.486 e. The van der Waals surface area contributed by atoms with Crippen LogP contribution < -0.4 is 30.3 Å². The third-order valence-electron chi connectivity index (χ3n) is 5.34. The van der Waals surface area contributed by atoms with Crippen molar-refractivity contribution in [2.24, 2.45) is 0 Å².